The second-order valence-corrected chi connectivity index (χ2v) is 3.80. The minimum absolute atomic E-state index is 0.0465. The molecule has 0 saturated heterocycles. The van der Waals surface area contributed by atoms with E-state index in [1.54, 1.807) is 12.1 Å². The molecule has 2 aromatic rings. The summed E-state index contributed by atoms with van der Waals surface area (Å²) in [5.41, 5.74) is 0.352. The molecule has 2 rings (SSSR count). The number of hydrogen-bond acceptors (Lipinski definition) is 5. The van der Waals surface area contributed by atoms with Crippen LogP contribution in [0.5, 0.6) is 5.75 Å². The van der Waals surface area contributed by atoms with E-state index in [1.807, 2.05) is 13.0 Å². The van der Waals surface area contributed by atoms with E-state index < -0.39 is 11.3 Å². The SMILES string of the molecule is COc1coc(C(=O)Nc2cccc(C)n2)cc1=O. The Kier molecular flexibility index (Phi) is 3.61. The fourth-order valence-corrected chi connectivity index (χ4v) is 1.46. The highest BCUT2D eigenvalue weighted by molar-refractivity contribution is 6.01. The van der Waals surface area contributed by atoms with Gasteiger partial charge in [0.25, 0.3) is 5.91 Å². The van der Waals surface area contributed by atoms with E-state index >= 15 is 0 Å². The number of anilines is 1. The molecule has 0 aromatic carbocycles. The Morgan fingerprint density at radius 3 is 2.84 bits per heavy atom. The van der Waals surface area contributed by atoms with Crippen molar-refractivity contribution < 1.29 is 13.9 Å². The van der Waals surface area contributed by atoms with Gasteiger partial charge in [0.05, 0.1) is 7.11 Å². The van der Waals surface area contributed by atoms with Crippen molar-refractivity contribution >= 4 is 11.7 Å². The lowest BCUT2D eigenvalue weighted by Gasteiger charge is -2.04. The molecular formula is C13H12N2O4. The lowest BCUT2D eigenvalue weighted by molar-refractivity contribution is 0.0993. The van der Waals surface area contributed by atoms with Crippen molar-refractivity contribution in [3.8, 4) is 5.75 Å². The molecule has 98 valence electrons. The highest BCUT2D eigenvalue weighted by atomic mass is 16.5. The minimum atomic E-state index is -0.544. The van der Waals surface area contributed by atoms with Gasteiger partial charge in [0.15, 0.2) is 5.76 Å². The molecule has 0 aliphatic heterocycles. The van der Waals surface area contributed by atoms with Gasteiger partial charge in [-0.2, -0.15) is 0 Å². The largest absolute Gasteiger partial charge is 0.490 e. The normalized spacial score (nSPS) is 10.0. The second kappa shape index (κ2) is 5.34. The summed E-state index contributed by atoms with van der Waals surface area (Å²) in [5, 5.41) is 2.54. The van der Waals surface area contributed by atoms with Crippen LogP contribution in [0.1, 0.15) is 16.2 Å². The maximum absolute atomic E-state index is 11.9. The van der Waals surface area contributed by atoms with E-state index in [-0.39, 0.29) is 11.5 Å². The van der Waals surface area contributed by atoms with Gasteiger partial charge < -0.3 is 14.5 Å². The molecule has 0 spiro atoms. The highest BCUT2D eigenvalue weighted by Crippen LogP contribution is 2.09. The Labute approximate surface area is 109 Å². The molecule has 2 aromatic heterocycles. The van der Waals surface area contributed by atoms with Crippen molar-refractivity contribution in [2.75, 3.05) is 12.4 Å². The molecule has 6 nitrogen and oxygen atoms in total. The van der Waals surface area contributed by atoms with Crippen LogP contribution in [-0.2, 0) is 0 Å². The third kappa shape index (κ3) is 2.98. The summed E-state index contributed by atoms with van der Waals surface area (Å²) < 4.78 is 9.79. The number of ether oxygens (including phenoxy) is 1. The van der Waals surface area contributed by atoms with E-state index in [1.165, 1.54) is 7.11 Å². The van der Waals surface area contributed by atoms with Gasteiger partial charge in [-0.3, -0.25) is 9.59 Å². The summed E-state index contributed by atoms with van der Waals surface area (Å²) in [7, 11) is 1.35. The number of hydrogen-bond donors (Lipinski definition) is 1. The zero-order valence-electron chi connectivity index (χ0n) is 10.5. The molecule has 0 saturated carbocycles. The molecule has 0 bridgehead atoms. The van der Waals surface area contributed by atoms with Crippen LogP contribution in [-0.4, -0.2) is 18.0 Å². The number of aromatic nitrogens is 1. The number of carbonyl (C=O) groups is 1. The summed E-state index contributed by atoms with van der Waals surface area (Å²) in [6.45, 7) is 1.81. The monoisotopic (exact) mass is 260 g/mol. The number of methoxy groups -OCH3 is 1. The van der Waals surface area contributed by atoms with Crippen LogP contribution in [0.4, 0.5) is 5.82 Å². The summed E-state index contributed by atoms with van der Waals surface area (Å²) in [6, 6.07) is 6.29. The van der Waals surface area contributed by atoms with E-state index in [0.717, 1.165) is 18.0 Å². The first-order valence-electron chi connectivity index (χ1n) is 5.52. The number of nitrogens with zero attached hydrogens (tertiary/aromatic N) is 1. The molecule has 0 aliphatic carbocycles. The van der Waals surface area contributed by atoms with Crippen LogP contribution in [0.15, 0.2) is 39.7 Å². The van der Waals surface area contributed by atoms with Gasteiger partial charge in [0, 0.05) is 11.8 Å². The van der Waals surface area contributed by atoms with Crippen LogP contribution < -0.4 is 15.5 Å². The minimum Gasteiger partial charge on any atom is -0.490 e. The molecule has 6 heteroatoms. The van der Waals surface area contributed by atoms with E-state index in [2.05, 4.69) is 10.3 Å². The summed E-state index contributed by atoms with van der Waals surface area (Å²) >= 11 is 0. The predicted molar refractivity (Wildman–Crippen MR) is 68.5 cm³/mol. The van der Waals surface area contributed by atoms with Gasteiger partial charge in [0.2, 0.25) is 11.2 Å². The maximum atomic E-state index is 11.9. The Balaban J connectivity index is 2.21. The number of amides is 1. The fraction of sp³-hybridized carbons (Fsp3) is 0.154. The molecule has 0 aliphatic rings. The van der Waals surface area contributed by atoms with Crippen molar-refractivity contribution in [1.82, 2.24) is 4.98 Å². The van der Waals surface area contributed by atoms with Crippen LogP contribution in [0.25, 0.3) is 0 Å². The molecule has 19 heavy (non-hydrogen) atoms. The second-order valence-electron chi connectivity index (χ2n) is 3.80. The molecule has 2 heterocycles. The Morgan fingerprint density at radius 2 is 2.21 bits per heavy atom. The Bertz CT molecular complexity index is 664. The zero-order chi connectivity index (χ0) is 13.8. The van der Waals surface area contributed by atoms with Gasteiger partial charge in [-0.05, 0) is 19.1 Å². The van der Waals surface area contributed by atoms with Crippen LogP contribution >= 0.6 is 0 Å². The summed E-state index contributed by atoms with van der Waals surface area (Å²) in [5.74, 6) is -0.208. The number of rotatable bonds is 3. The van der Waals surface area contributed by atoms with Gasteiger partial charge in [0.1, 0.15) is 12.1 Å². The first-order chi connectivity index (χ1) is 9.10. The summed E-state index contributed by atoms with van der Waals surface area (Å²) in [6.07, 6.45) is 1.10. The van der Waals surface area contributed by atoms with Crippen molar-refractivity contribution in [1.29, 1.82) is 0 Å². The zero-order valence-corrected chi connectivity index (χ0v) is 10.5. The average molecular weight is 260 g/mol. The number of nitrogens with one attached hydrogen (secondary N) is 1. The first kappa shape index (κ1) is 12.8. The fourth-order valence-electron chi connectivity index (χ4n) is 1.46. The third-order valence-corrected chi connectivity index (χ3v) is 2.37. The van der Waals surface area contributed by atoms with Crippen molar-refractivity contribution in [3.63, 3.8) is 0 Å². The molecule has 0 atom stereocenters. The predicted octanol–water partition coefficient (Wildman–Crippen LogP) is 1.60. The molecule has 0 unspecified atom stereocenters. The summed E-state index contributed by atoms with van der Waals surface area (Å²) in [4.78, 5) is 27.5. The standard InChI is InChI=1S/C13H12N2O4/c1-8-4-3-5-12(14-8)15-13(17)10-6-9(16)11(18-2)7-19-10/h3-7H,1-2H3,(H,14,15,17). The smallest absolute Gasteiger partial charge is 0.292 e. The maximum Gasteiger partial charge on any atom is 0.292 e. The first-order valence-corrected chi connectivity index (χ1v) is 5.52. The Hall–Kier alpha value is -2.63. The van der Waals surface area contributed by atoms with Gasteiger partial charge in [-0.1, -0.05) is 6.07 Å². The van der Waals surface area contributed by atoms with E-state index in [4.69, 9.17) is 9.15 Å². The van der Waals surface area contributed by atoms with Gasteiger partial charge in [-0.15, -0.1) is 0 Å². The highest BCUT2D eigenvalue weighted by Gasteiger charge is 2.12. The lowest BCUT2D eigenvalue weighted by Crippen LogP contribution is -2.16. The number of carbonyl (C=O) groups excluding carboxylic acids is 1. The van der Waals surface area contributed by atoms with Crippen molar-refractivity contribution in [2.45, 2.75) is 6.92 Å². The van der Waals surface area contributed by atoms with Crippen molar-refractivity contribution in [2.24, 2.45) is 0 Å². The molecule has 1 N–H and O–H groups in total. The molecular weight excluding hydrogens is 248 g/mol. The van der Waals surface area contributed by atoms with Crippen LogP contribution in [0, 0.1) is 6.92 Å². The molecule has 0 radical (unpaired) electrons. The number of pyridine rings is 1. The number of aryl methyl sites for hydroxylation is 1. The quantitative estimate of drug-likeness (QED) is 0.906. The van der Waals surface area contributed by atoms with E-state index in [0.29, 0.717) is 5.82 Å². The average Bonchev–Trinajstić information content (AvgIpc) is 2.38. The molecule has 0 fully saturated rings. The third-order valence-electron chi connectivity index (χ3n) is 2.37. The van der Waals surface area contributed by atoms with Gasteiger partial charge >= 0.3 is 0 Å². The molecule has 1 amide bonds. The van der Waals surface area contributed by atoms with Gasteiger partial charge in [-0.25, -0.2) is 4.98 Å². The lowest BCUT2D eigenvalue weighted by atomic mass is 10.3. The van der Waals surface area contributed by atoms with Crippen molar-refractivity contribution in [3.05, 3.63) is 52.2 Å². The van der Waals surface area contributed by atoms with Crippen LogP contribution in [0.3, 0.4) is 0 Å². The van der Waals surface area contributed by atoms with Crippen LogP contribution in [0.2, 0.25) is 0 Å². The van der Waals surface area contributed by atoms with E-state index in [9.17, 15) is 9.59 Å². The topological polar surface area (TPSA) is 81.4 Å². The Morgan fingerprint density at radius 1 is 1.42 bits per heavy atom.